The molecule has 2 aliphatic rings. The normalized spacial score (nSPS) is 14.4. The van der Waals surface area contributed by atoms with Crippen LogP contribution in [0.4, 0.5) is 17.1 Å². The molecule has 0 aliphatic heterocycles. The minimum absolute atomic E-state index is 0.163. The summed E-state index contributed by atoms with van der Waals surface area (Å²) in [6, 6.07) is 70.1. The predicted octanol–water partition coefficient (Wildman–Crippen LogP) is 16.8. The number of rotatable bonds is 4. The molecule has 1 aromatic heterocycles. The number of benzene rings is 10. The lowest BCUT2D eigenvalue weighted by Gasteiger charge is -2.32. The van der Waals surface area contributed by atoms with E-state index in [9.17, 15) is 0 Å². The Morgan fingerprint density at radius 2 is 0.823 bits per heavy atom. The molecular formula is C60H43NO. The van der Waals surface area contributed by atoms with Gasteiger partial charge in [0, 0.05) is 43.9 Å². The molecule has 0 unspecified atom stereocenters. The molecule has 0 saturated heterocycles. The van der Waals surface area contributed by atoms with Gasteiger partial charge in [-0.05, 0) is 126 Å². The highest BCUT2D eigenvalue weighted by atomic mass is 16.3. The highest BCUT2D eigenvalue weighted by Crippen LogP contribution is 2.55. The van der Waals surface area contributed by atoms with Crippen molar-refractivity contribution in [3.63, 3.8) is 0 Å². The number of furan rings is 1. The summed E-state index contributed by atoms with van der Waals surface area (Å²) in [6.07, 6.45) is 0. The lowest BCUT2D eigenvalue weighted by molar-refractivity contribution is 0.660. The zero-order valence-electron chi connectivity index (χ0n) is 35.3. The van der Waals surface area contributed by atoms with Gasteiger partial charge in [0.25, 0.3) is 0 Å². The topological polar surface area (TPSA) is 16.4 Å². The first-order valence-corrected chi connectivity index (χ1v) is 21.8. The Morgan fingerprint density at radius 3 is 1.44 bits per heavy atom. The summed E-state index contributed by atoms with van der Waals surface area (Å²) in [6.45, 7) is 9.52. The Labute approximate surface area is 361 Å². The molecule has 11 aromatic rings. The van der Waals surface area contributed by atoms with Gasteiger partial charge in [0.1, 0.15) is 11.2 Å². The third-order valence-corrected chi connectivity index (χ3v) is 14.4. The molecule has 0 spiro atoms. The van der Waals surface area contributed by atoms with Gasteiger partial charge < -0.3 is 9.32 Å². The molecule has 0 saturated carbocycles. The standard InChI is InChI=1S/C60H43NO/c1-59(2)50-22-12-9-18-42(50)44-28-26-37(34-52(44)59)61(38-27-29-45-43-19-10-13-23-51(43)60(3,4)53(45)35-38)54-31-30-48-41-17-6-5-15-39(41)40-16-7-8-21-47(40)58(48)57(54)36-25-32-56-49(33-36)46-20-11-14-24-55(46)62-56/h5-35H,1-4H3. The molecule has 1 heterocycles. The van der Waals surface area contributed by atoms with E-state index >= 15 is 0 Å². The minimum atomic E-state index is -0.163. The lowest BCUT2D eigenvalue weighted by atomic mass is 9.82. The van der Waals surface area contributed by atoms with Gasteiger partial charge in [-0.2, -0.15) is 0 Å². The first-order chi connectivity index (χ1) is 30.3. The van der Waals surface area contributed by atoms with Crippen LogP contribution in [0.5, 0.6) is 0 Å². The second-order valence-electron chi connectivity index (χ2n) is 18.4. The molecule has 0 atom stereocenters. The van der Waals surface area contributed by atoms with Crippen molar-refractivity contribution < 1.29 is 4.42 Å². The number of hydrogen-bond donors (Lipinski definition) is 0. The molecule has 0 N–H and O–H groups in total. The van der Waals surface area contributed by atoms with Gasteiger partial charge in [0.2, 0.25) is 0 Å². The van der Waals surface area contributed by atoms with E-state index in [4.69, 9.17) is 4.42 Å². The van der Waals surface area contributed by atoms with Crippen LogP contribution < -0.4 is 4.90 Å². The quantitative estimate of drug-likeness (QED) is 0.165. The van der Waals surface area contributed by atoms with Crippen molar-refractivity contribution >= 4 is 71.3 Å². The van der Waals surface area contributed by atoms with Gasteiger partial charge in [0.15, 0.2) is 0 Å². The minimum Gasteiger partial charge on any atom is -0.456 e. The molecule has 2 heteroatoms. The molecule has 0 fully saturated rings. The zero-order chi connectivity index (χ0) is 41.5. The van der Waals surface area contributed by atoms with E-state index in [0.717, 1.165) is 44.6 Å². The molecule has 62 heavy (non-hydrogen) atoms. The number of hydrogen-bond acceptors (Lipinski definition) is 2. The van der Waals surface area contributed by atoms with E-state index < -0.39 is 0 Å². The summed E-state index contributed by atoms with van der Waals surface area (Å²) < 4.78 is 6.44. The van der Waals surface area contributed by atoms with Crippen molar-refractivity contribution in [2.75, 3.05) is 4.90 Å². The van der Waals surface area contributed by atoms with Crippen molar-refractivity contribution in [3.05, 3.63) is 210 Å². The number of fused-ring (bicyclic) bond motifs is 15. The highest BCUT2D eigenvalue weighted by Gasteiger charge is 2.38. The van der Waals surface area contributed by atoms with Crippen LogP contribution in [0, 0.1) is 0 Å². The number of para-hydroxylation sites is 1. The molecule has 2 aliphatic carbocycles. The van der Waals surface area contributed by atoms with Crippen molar-refractivity contribution in [1.82, 2.24) is 0 Å². The summed E-state index contributed by atoms with van der Waals surface area (Å²) in [4.78, 5) is 2.55. The van der Waals surface area contributed by atoms with Gasteiger partial charge in [0.05, 0.1) is 5.69 Å². The van der Waals surface area contributed by atoms with Gasteiger partial charge in [-0.25, -0.2) is 0 Å². The van der Waals surface area contributed by atoms with Gasteiger partial charge in [-0.15, -0.1) is 0 Å². The average Bonchev–Trinajstić information content (AvgIpc) is 3.88. The fraction of sp³-hybridized carbons (Fsp3) is 0.100. The SMILES string of the molecule is CC1(C)c2ccccc2-c2ccc(N(c3ccc4c(c3)C(C)(C)c3ccccc3-4)c3ccc4c5ccccc5c5ccccc5c4c3-c3ccc4oc5ccccc5c4c3)cc21. The lowest BCUT2D eigenvalue weighted by Crippen LogP contribution is -2.18. The molecule has 13 rings (SSSR count). The second-order valence-corrected chi connectivity index (χ2v) is 18.4. The Kier molecular flexibility index (Phi) is 7.16. The fourth-order valence-corrected chi connectivity index (χ4v) is 11.4. The van der Waals surface area contributed by atoms with Crippen molar-refractivity contribution in [2.24, 2.45) is 0 Å². The Bertz CT molecular complexity index is 3570. The average molecular weight is 794 g/mol. The van der Waals surface area contributed by atoms with E-state index in [1.165, 1.54) is 82.4 Å². The summed E-state index contributed by atoms with van der Waals surface area (Å²) in [5.74, 6) is 0. The van der Waals surface area contributed by atoms with Crippen LogP contribution in [-0.2, 0) is 10.8 Å². The molecule has 2 nitrogen and oxygen atoms in total. The third kappa shape index (κ3) is 4.75. The Balaban J connectivity index is 1.16. The van der Waals surface area contributed by atoms with Crippen LogP contribution in [0.15, 0.2) is 192 Å². The van der Waals surface area contributed by atoms with Gasteiger partial charge in [-0.1, -0.05) is 167 Å². The fourth-order valence-electron chi connectivity index (χ4n) is 11.4. The van der Waals surface area contributed by atoms with E-state index in [1.807, 2.05) is 0 Å². The largest absolute Gasteiger partial charge is 0.456 e. The van der Waals surface area contributed by atoms with E-state index in [1.54, 1.807) is 0 Å². The number of nitrogens with zero attached hydrogens (tertiary/aromatic N) is 1. The van der Waals surface area contributed by atoms with Crippen LogP contribution in [0.2, 0.25) is 0 Å². The first kappa shape index (κ1) is 35.3. The first-order valence-electron chi connectivity index (χ1n) is 21.8. The monoisotopic (exact) mass is 793 g/mol. The van der Waals surface area contributed by atoms with E-state index in [0.29, 0.717) is 0 Å². The molecule has 0 amide bonds. The highest BCUT2D eigenvalue weighted by molar-refractivity contribution is 6.30. The van der Waals surface area contributed by atoms with Crippen molar-refractivity contribution in [3.8, 4) is 33.4 Å². The summed E-state index contributed by atoms with van der Waals surface area (Å²) in [7, 11) is 0. The van der Waals surface area contributed by atoms with Crippen LogP contribution in [0.3, 0.4) is 0 Å². The van der Waals surface area contributed by atoms with Gasteiger partial charge in [-0.3, -0.25) is 0 Å². The van der Waals surface area contributed by atoms with Crippen molar-refractivity contribution in [2.45, 2.75) is 38.5 Å². The maximum absolute atomic E-state index is 6.44. The molecule has 10 aromatic carbocycles. The zero-order valence-corrected chi connectivity index (χ0v) is 35.3. The maximum Gasteiger partial charge on any atom is 0.135 e. The third-order valence-electron chi connectivity index (χ3n) is 14.4. The van der Waals surface area contributed by atoms with Gasteiger partial charge >= 0.3 is 0 Å². The van der Waals surface area contributed by atoms with E-state index in [2.05, 4.69) is 221 Å². The second kappa shape index (κ2) is 12.6. The predicted molar refractivity (Wildman–Crippen MR) is 261 cm³/mol. The summed E-state index contributed by atoms with van der Waals surface area (Å²) in [5, 5.41) is 9.75. The molecule has 0 bridgehead atoms. The smallest absolute Gasteiger partial charge is 0.135 e. The Morgan fingerprint density at radius 1 is 0.355 bits per heavy atom. The molecular weight excluding hydrogens is 751 g/mol. The summed E-state index contributed by atoms with van der Waals surface area (Å²) >= 11 is 0. The summed E-state index contributed by atoms with van der Waals surface area (Å²) in [5.41, 5.74) is 18.0. The van der Waals surface area contributed by atoms with Crippen LogP contribution >= 0.6 is 0 Å². The van der Waals surface area contributed by atoms with E-state index in [-0.39, 0.29) is 10.8 Å². The molecule has 0 radical (unpaired) electrons. The number of anilines is 3. The maximum atomic E-state index is 6.44. The van der Waals surface area contributed by atoms with Crippen LogP contribution in [0.25, 0.3) is 87.6 Å². The Hall–Kier alpha value is -7.42. The molecule has 294 valence electrons. The van der Waals surface area contributed by atoms with Crippen LogP contribution in [-0.4, -0.2) is 0 Å². The van der Waals surface area contributed by atoms with Crippen LogP contribution in [0.1, 0.15) is 49.9 Å². The van der Waals surface area contributed by atoms with Crippen molar-refractivity contribution in [1.29, 1.82) is 0 Å².